The molecule has 1 aromatic heterocycles. The maximum atomic E-state index is 11.7. The van der Waals surface area contributed by atoms with E-state index in [1.54, 1.807) is 19.1 Å². The van der Waals surface area contributed by atoms with Gasteiger partial charge in [-0.3, -0.25) is 5.32 Å². The highest BCUT2D eigenvalue weighted by Gasteiger charge is 2.30. The fraction of sp³-hybridized carbons (Fsp3) is 0.250. The Bertz CT molecular complexity index is 364. The summed E-state index contributed by atoms with van der Waals surface area (Å²) in [6.45, 7) is 1.66. The number of pyridine rings is 1. The van der Waals surface area contributed by atoms with Gasteiger partial charge in [-0.25, -0.2) is 15.1 Å². The van der Waals surface area contributed by atoms with Gasteiger partial charge in [0.25, 0.3) is 0 Å². The van der Waals surface area contributed by atoms with Crippen LogP contribution in [0.15, 0.2) is 18.2 Å². The van der Waals surface area contributed by atoms with Gasteiger partial charge in [-0.1, -0.05) is 6.07 Å². The van der Waals surface area contributed by atoms with E-state index in [0.29, 0.717) is 5.69 Å². The van der Waals surface area contributed by atoms with Crippen LogP contribution in [0.5, 0.6) is 0 Å². The molecule has 0 fully saturated rings. The number of aromatic nitrogens is 1. The third-order valence-corrected chi connectivity index (χ3v) is 1.39. The number of aryl methyl sites for hydroxylation is 1. The Balaban J connectivity index is 2.59. The van der Waals surface area contributed by atoms with Gasteiger partial charge in [0.2, 0.25) is 0 Å². The zero-order chi connectivity index (χ0) is 11.5. The molecular weight excluding hydrogens is 211 g/mol. The lowest BCUT2D eigenvalue weighted by molar-refractivity contribution is -0.144. The molecule has 0 unspecified atom stereocenters. The van der Waals surface area contributed by atoms with Crippen LogP contribution in [0.2, 0.25) is 0 Å². The molecule has 0 aliphatic rings. The van der Waals surface area contributed by atoms with Crippen LogP contribution in [-0.2, 0) is 0 Å². The maximum absolute atomic E-state index is 11.7. The van der Waals surface area contributed by atoms with Crippen molar-refractivity contribution in [2.75, 3.05) is 5.32 Å². The topological polar surface area (TPSA) is 54.0 Å². The maximum Gasteiger partial charge on any atom is 0.485 e. The van der Waals surface area contributed by atoms with E-state index < -0.39 is 12.3 Å². The summed E-state index contributed by atoms with van der Waals surface area (Å²) in [6.07, 6.45) is -4.74. The Morgan fingerprint density at radius 2 is 2.07 bits per heavy atom. The van der Waals surface area contributed by atoms with Crippen LogP contribution < -0.4 is 10.6 Å². The van der Waals surface area contributed by atoms with Crippen LogP contribution in [-0.4, -0.2) is 17.3 Å². The molecule has 0 bridgehead atoms. The quantitative estimate of drug-likeness (QED) is 0.710. The smallest absolute Gasteiger partial charge is 0.292 e. The van der Waals surface area contributed by atoms with E-state index in [2.05, 4.69) is 4.98 Å². The average molecular weight is 219 g/mol. The number of carbonyl (C=O) groups excluding carboxylic acids is 1. The van der Waals surface area contributed by atoms with E-state index in [4.69, 9.17) is 0 Å². The molecule has 2 N–H and O–H groups in total. The van der Waals surface area contributed by atoms with Crippen molar-refractivity contribution in [3.05, 3.63) is 23.9 Å². The molecule has 82 valence electrons. The predicted octanol–water partition coefficient (Wildman–Crippen LogP) is 2.03. The summed E-state index contributed by atoms with van der Waals surface area (Å²) in [4.78, 5) is 14.6. The van der Waals surface area contributed by atoms with E-state index in [-0.39, 0.29) is 5.82 Å². The molecule has 1 rings (SSSR count). The fourth-order valence-electron chi connectivity index (χ4n) is 0.889. The minimum absolute atomic E-state index is 0.0664. The Hall–Kier alpha value is -1.79. The summed E-state index contributed by atoms with van der Waals surface area (Å²) in [6, 6.07) is 3.27. The lowest BCUT2D eigenvalue weighted by Gasteiger charge is -2.09. The zero-order valence-corrected chi connectivity index (χ0v) is 7.72. The standard InChI is InChI=1S/C8H8F3N3O/c1-5-3-2-4-6(12-5)13-7(15)14-8(9,10)11/h2-4H,1H3,(H2,12,13,14,15). The first-order valence-corrected chi connectivity index (χ1v) is 3.96. The molecule has 1 aromatic rings. The summed E-state index contributed by atoms with van der Waals surface area (Å²) in [5, 5.41) is 2.76. The molecule has 7 heteroatoms. The van der Waals surface area contributed by atoms with E-state index in [1.165, 1.54) is 6.07 Å². The highest BCUT2D eigenvalue weighted by Crippen LogP contribution is 2.10. The molecule has 4 nitrogen and oxygen atoms in total. The van der Waals surface area contributed by atoms with Gasteiger partial charge in [0.05, 0.1) is 0 Å². The number of carbonyl (C=O) groups is 1. The van der Waals surface area contributed by atoms with Crippen molar-refractivity contribution in [2.24, 2.45) is 0 Å². The Labute approximate surface area is 83.5 Å². The Kier molecular flexibility index (Phi) is 3.13. The highest BCUT2D eigenvalue weighted by atomic mass is 19.4. The van der Waals surface area contributed by atoms with Crippen LogP contribution in [0.3, 0.4) is 0 Å². The lowest BCUT2D eigenvalue weighted by atomic mass is 10.4. The van der Waals surface area contributed by atoms with Gasteiger partial charge in [-0.15, -0.1) is 0 Å². The lowest BCUT2D eigenvalue weighted by Crippen LogP contribution is -2.40. The number of nitrogens with one attached hydrogen (secondary N) is 2. The van der Waals surface area contributed by atoms with Crippen LogP contribution in [0.25, 0.3) is 0 Å². The molecular formula is C8H8F3N3O. The first-order valence-electron chi connectivity index (χ1n) is 3.96. The zero-order valence-electron chi connectivity index (χ0n) is 7.72. The van der Waals surface area contributed by atoms with E-state index in [9.17, 15) is 18.0 Å². The molecule has 1 heterocycles. The minimum atomic E-state index is -4.74. The number of hydrogen-bond acceptors (Lipinski definition) is 2. The molecule has 2 amide bonds. The Morgan fingerprint density at radius 1 is 1.40 bits per heavy atom. The number of halogens is 3. The molecule has 0 spiro atoms. The van der Waals surface area contributed by atoms with E-state index >= 15 is 0 Å². The predicted molar refractivity (Wildman–Crippen MR) is 47.2 cm³/mol. The monoisotopic (exact) mass is 219 g/mol. The normalized spacial score (nSPS) is 10.9. The van der Waals surface area contributed by atoms with Gasteiger partial charge < -0.3 is 0 Å². The van der Waals surface area contributed by atoms with Gasteiger partial charge in [0, 0.05) is 5.69 Å². The molecule has 0 atom stereocenters. The van der Waals surface area contributed by atoms with Gasteiger partial charge in [-0.05, 0) is 19.1 Å². The molecule has 0 aromatic carbocycles. The minimum Gasteiger partial charge on any atom is -0.292 e. The molecule has 15 heavy (non-hydrogen) atoms. The van der Waals surface area contributed by atoms with Gasteiger partial charge in [0.15, 0.2) is 0 Å². The number of rotatable bonds is 1. The SMILES string of the molecule is Cc1cccc(NC(=O)NC(F)(F)F)n1. The second-order valence-corrected chi connectivity index (χ2v) is 2.74. The number of amides is 2. The summed E-state index contributed by atoms with van der Waals surface area (Å²) < 4.78 is 35.1. The van der Waals surface area contributed by atoms with Gasteiger partial charge in [0.1, 0.15) is 5.82 Å². The second-order valence-electron chi connectivity index (χ2n) is 2.74. The van der Waals surface area contributed by atoms with Crippen molar-refractivity contribution in [2.45, 2.75) is 13.2 Å². The van der Waals surface area contributed by atoms with Crippen molar-refractivity contribution in [3.8, 4) is 0 Å². The largest absolute Gasteiger partial charge is 0.485 e. The molecule has 0 aliphatic heterocycles. The van der Waals surface area contributed by atoms with Crippen LogP contribution in [0.1, 0.15) is 5.69 Å². The van der Waals surface area contributed by atoms with Gasteiger partial charge in [-0.2, -0.15) is 13.2 Å². The first-order chi connectivity index (χ1) is 6.87. The van der Waals surface area contributed by atoms with Crippen molar-refractivity contribution >= 4 is 11.8 Å². The third kappa shape index (κ3) is 4.30. The van der Waals surface area contributed by atoms with Crippen molar-refractivity contribution in [1.29, 1.82) is 0 Å². The van der Waals surface area contributed by atoms with Crippen molar-refractivity contribution < 1.29 is 18.0 Å². The average Bonchev–Trinajstić information content (AvgIpc) is 1.99. The molecule has 0 radical (unpaired) electrons. The summed E-state index contributed by atoms with van der Waals surface area (Å²) in [7, 11) is 0. The van der Waals surface area contributed by atoms with E-state index in [1.807, 2.05) is 5.32 Å². The number of nitrogens with zero attached hydrogens (tertiary/aromatic N) is 1. The number of alkyl halides is 3. The molecule has 0 aliphatic carbocycles. The van der Waals surface area contributed by atoms with Crippen molar-refractivity contribution in [3.63, 3.8) is 0 Å². The summed E-state index contributed by atoms with van der Waals surface area (Å²) >= 11 is 0. The summed E-state index contributed by atoms with van der Waals surface area (Å²) in [5.74, 6) is 0.0664. The van der Waals surface area contributed by atoms with E-state index in [0.717, 1.165) is 5.32 Å². The number of anilines is 1. The van der Waals surface area contributed by atoms with Gasteiger partial charge >= 0.3 is 12.3 Å². The molecule has 0 saturated heterocycles. The third-order valence-electron chi connectivity index (χ3n) is 1.39. The summed E-state index contributed by atoms with van der Waals surface area (Å²) in [5.41, 5.74) is 0.597. The number of hydrogen-bond donors (Lipinski definition) is 2. The highest BCUT2D eigenvalue weighted by molar-refractivity contribution is 5.88. The number of urea groups is 1. The molecule has 0 saturated carbocycles. The van der Waals surface area contributed by atoms with Crippen LogP contribution >= 0.6 is 0 Å². The fourth-order valence-corrected chi connectivity index (χ4v) is 0.889. The second kappa shape index (κ2) is 4.16. The first kappa shape index (κ1) is 11.3. The van der Waals surface area contributed by atoms with Crippen molar-refractivity contribution in [1.82, 2.24) is 10.3 Å². The van der Waals surface area contributed by atoms with Crippen LogP contribution in [0.4, 0.5) is 23.8 Å². The van der Waals surface area contributed by atoms with Crippen LogP contribution in [0, 0.1) is 6.92 Å². The Morgan fingerprint density at radius 3 is 2.60 bits per heavy atom.